The minimum Gasteiger partial charge on any atom is -0.490 e. The Hall–Kier alpha value is -1.39. The van der Waals surface area contributed by atoms with Crippen LogP contribution in [0.5, 0.6) is 5.75 Å². The lowest BCUT2D eigenvalue weighted by molar-refractivity contribution is 0.301. The molecule has 0 N–H and O–H groups in total. The Morgan fingerprint density at radius 2 is 1.77 bits per heavy atom. The molecule has 0 unspecified atom stereocenters. The number of aryl methyl sites for hydroxylation is 4. The molecule has 0 bridgehead atoms. The predicted octanol–water partition coefficient (Wildman–Crippen LogP) is 6.37. The molecule has 140 valence electrons. The second-order valence-electron chi connectivity index (χ2n) is 6.34. The molecule has 0 aliphatic rings. The molecule has 0 aromatic heterocycles. The number of rotatable bonds is 8. The molecule has 0 fully saturated rings. The highest BCUT2D eigenvalue weighted by atomic mass is 79.9. The molecule has 0 heterocycles. The monoisotopic (exact) mass is 434 g/mol. The molecule has 2 aromatic carbocycles. The Kier molecular flexibility index (Phi) is 8.11. The highest BCUT2D eigenvalue weighted by Gasteiger charge is 2.11. The van der Waals surface area contributed by atoms with Crippen LogP contribution in [0.15, 0.2) is 34.8 Å². The molecule has 0 radical (unpaired) electrons. The lowest BCUT2D eigenvalue weighted by Crippen LogP contribution is -2.06. The third-order valence-corrected chi connectivity index (χ3v) is 5.79. The molecule has 2 aromatic rings. The van der Waals surface area contributed by atoms with Crippen LogP contribution in [0, 0.1) is 6.92 Å². The van der Waals surface area contributed by atoms with Gasteiger partial charge in [-0.05, 0) is 72.8 Å². The third kappa shape index (κ3) is 5.31. The molecule has 0 atom stereocenters. The minimum atomic E-state index is 0.534. The SMILES string of the molecule is CCc1cc(C)c(OCc2c(Br)cccc2CCC(=S)OC)cc1CC. The summed E-state index contributed by atoms with van der Waals surface area (Å²) in [5, 5.41) is 0.635. The van der Waals surface area contributed by atoms with Crippen LogP contribution in [0.25, 0.3) is 0 Å². The fourth-order valence-electron chi connectivity index (χ4n) is 3.09. The van der Waals surface area contributed by atoms with Gasteiger partial charge >= 0.3 is 0 Å². The van der Waals surface area contributed by atoms with Gasteiger partial charge in [0.15, 0.2) is 5.05 Å². The summed E-state index contributed by atoms with van der Waals surface area (Å²) in [7, 11) is 1.63. The van der Waals surface area contributed by atoms with Gasteiger partial charge in [-0.1, -0.05) is 48.0 Å². The van der Waals surface area contributed by atoms with E-state index in [0.29, 0.717) is 11.7 Å². The summed E-state index contributed by atoms with van der Waals surface area (Å²) in [4.78, 5) is 0. The molecule has 0 saturated carbocycles. The number of benzene rings is 2. The van der Waals surface area contributed by atoms with E-state index in [2.05, 4.69) is 67.0 Å². The van der Waals surface area contributed by atoms with Crippen LogP contribution in [0.1, 0.15) is 48.1 Å². The van der Waals surface area contributed by atoms with Gasteiger partial charge in [-0.25, -0.2) is 0 Å². The Labute approximate surface area is 171 Å². The molecule has 0 spiro atoms. The molecule has 26 heavy (non-hydrogen) atoms. The standard InChI is InChI=1S/C22H27BrO2S/c1-5-16-12-15(3)21(13-17(16)6-2)25-14-19-18(8-7-9-20(19)23)10-11-22(26)24-4/h7-9,12-13H,5-6,10-11,14H2,1-4H3. The number of methoxy groups -OCH3 is 1. The Balaban J connectivity index is 2.20. The van der Waals surface area contributed by atoms with Crippen molar-refractivity contribution in [2.75, 3.05) is 7.11 Å². The van der Waals surface area contributed by atoms with Gasteiger partial charge in [-0.3, -0.25) is 0 Å². The Morgan fingerprint density at radius 3 is 2.42 bits per heavy atom. The van der Waals surface area contributed by atoms with Gasteiger partial charge in [-0.2, -0.15) is 0 Å². The predicted molar refractivity (Wildman–Crippen MR) is 116 cm³/mol. The van der Waals surface area contributed by atoms with Crippen molar-refractivity contribution >= 4 is 33.2 Å². The van der Waals surface area contributed by atoms with Gasteiger partial charge < -0.3 is 9.47 Å². The fourth-order valence-corrected chi connectivity index (χ4v) is 3.72. The molecule has 4 heteroatoms. The van der Waals surface area contributed by atoms with Crippen LogP contribution in [0.2, 0.25) is 0 Å². The van der Waals surface area contributed by atoms with Gasteiger partial charge in [0.2, 0.25) is 0 Å². The summed E-state index contributed by atoms with van der Waals surface area (Å²) in [6, 6.07) is 10.7. The number of thiocarbonyl (C=S) groups is 1. The average molecular weight is 435 g/mol. The van der Waals surface area contributed by atoms with E-state index in [1.165, 1.54) is 27.8 Å². The molecule has 2 rings (SSSR count). The maximum Gasteiger partial charge on any atom is 0.159 e. The van der Waals surface area contributed by atoms with Gasteiger partial charge in [0.1, 0.15) is 12.4 Å². The Morgan fingerprint density at radius 1 is 1.08 bits per heavy atom. The highest BCUT2D eigenvalue weighted by Crippen LogP contribution is 2.28. The average Bonchev–Trinajstić information content (AvgIpc) is 2.65. The van der Waals surface area contributed by atoms with E-state index in [-0.39, 0.29) is 0 Å². The van der Waals surface area contributed by atoms with E-state index in [9.17, 15) is 0 Å². The number of hydrogen-bond donors (Lipinski definition) is 0. The second-order valence-corrected chi connectivity index (χ2v) is 7.65. The summed E-state index contributed by atoms with van der Waals surface area (Å²) in [6.45, 7) is 7.04. The summed E-state index contributed by atoms with van der Waals surface area (Å²) in [6.07, 6.45) is 3.66. The molecule has 0 aliphatic carbocycles. The van der Waals surface area contributed by atoms with Crippen molar-refractivity contribution in [2.24, 2.45) is 0 Å². The number of halogens is 1. The molecule has 0 amide bonds. The van der Waals surface area contributed by atoms with Gasteiger partial charge in [-0.15, -0.1) is 0 Å². The quantitative estimate of drug-likeness (QED) is 0.449. The number of ether oxygens (including phenoxy) is 2. The first-order valence-electron chi connectivity index (χ1n) is 9.08. The van der Waals surface area contributed by atoms with Crippen molar-refractivity contribution in [1.82, 2.24) is 0 Å². The van der Waals surface area contributed by atoms with Crippen molar-refractivity contribution in [3.8, 4) is 5.75 Å². The molecule has 0 aliphatic heterocycles. The second kappa shape index (κ2) is 10.1. The zero-order valence-electron chi connectivity index (χ0n) is 16.0. The number of hydrogen-bond acceptors (Lipinski definition) is 3. The third-order valence-electron chi connectivity index (χ3n) is 4.67. The van der Waals surface area contributed by atoms with Crippen molar-refractivity contribution in [3.63, 3.8) is 0 Å². The first-order chi connectivity index (χ1) is 12.5. The van der Waals surface area contributed by atoms with Gasteiger partial charge in [0.05, 0.1) is 7.11 Å². The zero-order chi connectivity index (χ0) is 19.1. The maximum atomic E-state index is 6.23. The summed E-state index contributed by atoms with van der Waals surface area (Å²) in [5.74, 6) is 0.966. The van der Waals surface area contributed by atoms with Gasteiger partial charge in [0, 0.05) is 16.5 Å². The molecule has 2 nitrogen and oxygen atoms in total. The highest BCUT2D eigenvalue weighted by molar-refractivity contribution is 9.10. The van der Waals surface area contributed by atoms with Gasteiger partial charge in [0.25, 0.3) is 0 Å². The fraction of sp³-hybridized carbons (Fsp3) is 0.409. The van der Waals surface area contributed by atoms with Crippen LogP contribution in [0.3, 0.4) is 0 Å². The smallest absolute Gasteiger partial charge is 0.159 e. The summed E-state index contributed by atoms with van der Waals surface area (Å²) >= 11 is 8.85. The molecular weight excluding hydrogens is 408 g/mol. The first kappa shape index (κ1) is 20.9. The van der Waals surface area contributed by atoms with E-state index in [1.54, 1.807) is 7.11 Å². The van der Waals surface area contributed by atoms with E-state index in [4.69, 9.17) is 21.7 Å². The first-order valence-corrected chi connectivity index (χ1v) is 10.3. The molecule has 0 saturated heterocycles. The van der Waals surface area contributed by atoms with Crippen molar-refractivity contribution in [1.29, 1.82) is 0 Å². The topological polar surface area (TPSA) is 18.5 Å². The van der Waals surface area contributed by atoms with Crippen LogP contribution in [-0.4, -0.2) is 12.2 Å². The summed E-state index contributed by atoms with van der Waals surface area (Å²) in [5.41, 5.74) is 6.37. The van der Waals surface area contributed by atoms with Crippen molar-refractivity contribution < 1.29 is 9.47 Å². The van der Waals surface area contributed by atoms with Crippen LogP contribution >= 0.6 is 28.1 Å². The van der Waals surface area contributed by atoms with Crippen LogP contribution in [-0.2, 0) is 30.6 Å². The van der Waals surface area contributed by atoms with E-state index >= 15 is 0 Å². The minimum absolute atomic E-state index is 0.534. The van der Waals surface area contributed by atoms with Crippen molar-refractivity contribution in [3.05, 3.63) is 62.6 Å². The Bertz CT molecular complexity index is 771. The van der Waals surface area contributed by atoms with Crippen LogP contribution in [0.4, 0.5) is 0 Å². The molecular formula is C22H27BrO2S. The lowest BCUT2D eigenvalue weighted by Gasteiger charge is -2.16. The van der Waals surface area contributed by atoms with E-state index < -0.39 is 0 Å². The largest absolute Gasteiger partial charge is 0.490 e. The summed E-state index contributed by atoms with van der Waals surface area (Å²) < 4.78 is 12.4. The lowest BCUT2D eigenvalue weighted by atomic mass is 9.99. The van der Waals surface area contributed by atoms with E-state index in [1.807, 2.05) is 0 Å². The normalized spacial score (nSPS) is 10.7. The van der Waals surface area contributed by atoms with E-state index in [0.717, 1.165) is 35.9 Å². The zero-order valence-corrected chi connectivity index (χ0v) is 18.4. The van der Waals surface area contributed by atoms with Crippen LogP contribution < -0.4 is 4.74 Å². The van der Waals surface area contributed by atoms with Crippen molar-refractivity contribution in [2.45, 2.75) is 53.1 Å². The maximum absolute atomic E-state index is 6.23.